The van der Waals surface area contributed by atoms with Crippen LogP contribution in [0.15, 0.2) is 48.5 Å². The van der Waals surface area contributed by atoms with E-state index in [1.54, 1.807) is 5.56 Å². The van der Waals surface area contributed by atoms with Gasteiger partial charge in [0.05, 0.1) is 24.6 Å². The summed E-state index contributed by atoms with van der Waals surface area (Å²) in [5.74, 6) is 0. The standard InChI is InChI=1S/C23H33NP/c1-20-11-10-12-21(2)23(20)24-15-18-25(16-8-3-4-9-17-25)19-22-13-6-5-7-14-22/h5-7,10-14,24H,3-4,8-9,15-19H2,1-2H3/q+1. The van der Waals surface area contributed by atoms with Crippen molar-refractivity contribution >= 4 is 12.9 Å². The number of aryl methyl sites for hydroxylation is 2. The predicted molar refractivity (Wildman–Crippen MR) is 115 cm³/mol. The van der Waals surface area contributed by atoms with Gasteiger partial charge in [-0.25, -0.2) is 0 Å². The van der Waals surface area contributed by atoms with Crippen molar-refractivity contribution in [1.29, 1.82) is 0 Å². The zero-order valence-electron chi connectivity index (χ0n) is 15.9. The van der Waals surface area contributed by atoms with Crippen molar-refractivity contribution in [2.75, 3.05) is 30.3 Å². The molecular weight excluding hydrogens is 321 g/mol. The molecule has 0 radical (unpaired) electrons. The summed E-state index contributed by atoms with van der Waals surface area (Å²) >= 11 is 0. The van der Waals surface area contributed by atoms with E-state index in [-0.39, 0.29) is 0 Å². The lowest BCUT2D eigenvalue weighted by molar-refractivity contribution is 0.726. The molecule has 1 aliphatic rings. The third-order valence-electron chi connectivity index (χ3n) is 5.74. The zero-order chi connectivity index (χ0) is 17.5. The van der Waals surface area contributed by atoms with E-state index in [0.29, 0.717) is 0 Å². The summed E-state index contributed by atoms with van der Waals surface area (Å²) < 4.78 is 0. The summed E-state index contributed by atoms with van der Waals surface area (Å²) in [7, 11) is -0.885. The summed E-state index contributed by atoms with van der Waals surface area (Å²) in [6.07, 6.45) is 11.5. The first-order valence-corrected chi connectivity index (χ1v) is 12.4. The summed E-state index contributed by atoms with van der Waals surface area (Å²) in [6, 6.07) is 17.8. The van der Waals surface area contributed by atoms with Gasteiger partial charge in [-0.05, 0) is 56.2 Å². The van der Waals surface area contributed by atoms with Gasteiger partial charge in [-0.1, -0.05) is 48.5 Å². The van der Waals surface area contributed by atoms with E-state index in [9.17, 15) is 0 Å². The average Bonchev–Trinajstić information content (AvgIpc) is 2.84. The van der Waals surface area contributed by atoms with Crippen LogP contribution in [0.2, 0.25) is 0 Å². The topological polar surface area (TPSA) is 12.0 Å². The molecule has 0 aliphatic carbocycles. The molecule has 0 bridgehead atoms. The van der Waals surface area contributed by atoms with Crippen LogP contribution in [0.3, 0.4) is 0 Å². The van der Waals surface area contributed by atoms with Gasteiger partial charge in [0.2, 0.25) is 0 Å². The number of rotatable bonds is 6. The molecule has 134 valence electrons. The van der Waals surface area contributed by atoms with Gasteiger partial charge >= 0.3 is 0 Å². The van der Waals surface area contributed by atoms with E-state index in [1.807, 2.05) is 0 Å². The van der Waals surface area contributed by atoms with Crippen LogP contribution < -0.4 is 5.32 Å². The third kappa shape index (κ3) is 5.08. The van der Waals surface area contributed by atoms with Crippen LogP contribution >= 0.6 is 7.26 Å². The molecule has 1 heterocycles. The highest BCUT2D eigenvalue weighted by atomic mass is 31.2. The highest BCUT2D eigenvalue weighted by Gasteiger charge is 2.37. The molecule has 2 aromatic carbocycles. The lowest BCUT2D eigenvalue weighted by Crippen LogP contribution is -2.17. The smallest absolute Gasteiger partial charge is 0.0843 e. The van der Waals surface area contributed by atoms with Crippen molar-refractivity contribution in [1.82, 2.24) is 0 Å². The molecule has 2 aromatic rings. The molecule has 1 N–H and O–H groups in total. The molecule has 1 nitrogen and oxygen atoms in total. The average molecular weight is 354 g/mol. The Balaban J connectivity index is 1.69. The summed E-state index contributed by atoms with van der Waals surface area (Å²) in [5, 5.41) is 3.79. The molecule has 0 unspecified atom stereocenters. The number of hydrogen-bond donors (Lipinski definition) is 1. The Labute approximate surface area is 154 Å². The van der Waals surface area contributed by atoms with Crippen LogP contribution in [0.5, 0.6) is 0 Å². The number of nitrogens with one attached hydrogen (secondary N) is 1. The van der Waals surface area contributed by atoms with Gasteiger partial charge in [0.15, 0.2) is 0 Å². The number of anilines is 1. The Morgan fingerprint density at radius 2 is 1.44 bits per heavy atom. The highest BCUT2D eigenvalue weighted by molar-refractivity contribution is 7.75. The molecule has 0 amide bonds. The molecule has 0 aromatic heterocycles. The van der Waals surface area contributed by atoms with Crippen LogP contribution in [0.4, 0.5) is 5.69 Å². The second kappa shape index (κ2) is 8.86. The largest absolute Gasteiger partial charge is 0.381 e. The summed E-state index contributed by atoms with van der Waals surface area (Å²) in [5.41, 5.74) is 5.66. The Bertz CT molecular complexity index is 637. The quantitative estimate of drug-likeness (QED) is 0.583. The van der Waals surface area contributed by atoms with Crippen molar-refractivity contribution in [2.24, 2.45) is 0 Å². The van der Waals surface area contributed by atoms with Crippen LogP contribution in [0, 0.1) is 13.8 Å². The predicted octanol–water partition coefficient (Wildman–Crippen LogP) is 6.51. The van der Waals surface area contributed by atoms with E-state index in [2.05, 4.69) is 67.7 Å². The first kappa shape index (κ1) is 18.5. The van der Waals surface area contributed by atoms with Gasteiger partial charge in [0, 0.05) is 19.5 Å². The minimum absolute atomic E-state index is 0.885. The van der Waals surface area contributed by atoms with Gasteiger partial charge < -0.3 is 5.32 Å². The Morgan fingerprint density at radius 1 is 0.800 bits per heavy atom. The highest BCUT2D eigenvalue weighted by Crippen LogP contribution is 2.63. The van der Waals surface area contributed by atoms with Gasteiger partial charge in [-0.3, -0.25) is 0 Å². The fourth-order valence-corrected chi connectivity index (χ4v) is 8.81. The summed E-state index contributed by atoms with van der Waals surface area (Å²) in [6.45, 7) is 5.57. The van der Waals surface area contributed by atoms with E-state index < -0.39 is 7.26 Å². The monoisotopic (exact) mass is 354 g/mol. The van der Waals surface area contributed by atoms with E-state index in [4.69, 9.17) is 0 Å². The van der Waals surface area contributed by atoms with Crippen LogP contribution in [0.1, 0.15) is 42.4 Å². The van der Waals surface area contributed by atoms with E-state index in [1.165, 1.54) is 67.1 Å². The maximum Gasteiger partial charge on any atom is 0.0843 e. The first-order valence-electron chi connectivity index (χ1n) is 9.88. The van der Waals surface area contributed by atoms with Crippen molar-refractivity contribution in [3.05, 3.63) is 65.2 Å². The lowest BCUT2D eigenvalue weighted by atomic mass is 10.1. The SMILES string of the molecule is Cc1cccc(C)c1NCC[P+]1(Cc2ccccc2)CCCCCC1. The molecule has 25 heavy (non-hydrogen) atoms. The van der Waals surface area contributed by atoms with Crippen molar-refractivity contribution < 1.29 is 0 Å². The molecule has 0 saturated carbocycles. The second-order valence-electron chi connectivity index (χ2n) is 7.76. The van der Waals surface area contributed by atoms with Gasteiger partial charge in [-0.2, -0.15) is 0 Å². The third-order valence-corrected chi connectivity index (χ3v) is 10.5. The molecule has 1 aliphatic heterocycles. The van der Waals surface area contributed by atoms with Gasteiger partial charge in [0.25, 0.3) is 0 Å². The Morgan fingerprint density at radius 3 is 2.08 bits per heavy atom. The molecule has 0 atom stereocenters. The van der Waals surface area contributed by atoms with E-state index >= 15 is 0 Å². The normalized spacial score (nSPS) is 17.0. The van der Waals surface area contributed by atoms with Gasteiger partial charge in [0.1, 0.15) is 0 Å². The van der Waals surface area contributed by atoms with Crippen LogP contribution in [0.25, 0.3) is 0 Å². The Hall–Kier alpha value is -1.33. The summed E-state index contributed by atoms with van der Waals surface area (Å²) in [4.78, 5) is 0. The minimum atomic E-state index is -0.885. The molecule has 0 spiro atoms. The zero-order valence-corrected chi connectivity index (χ0v) is 16.8. The maximum atomic E-state index is 3.79. The molecule has 2 heteroatoms. The maximum absolute atomic E-state index is 3.79. The molecule has 3 rings (SSSR count). The number of benzene rings is 2. The fourth-order valence-electron chi connectivity index (χ4n) is 4.30. The first-order chi connectivity index (χ1) is 12.2. The lowest BCUT2D eigenvalue weighted by Gasteiger charge is -2.27. The Kier molecular flexibility index (Phi) is 6.54. The minimum Gasteiger partial charge on any atom is -0.381 e. The fraction of sp³-hybridized carbons (Fsp3) is 0.478. The molecular formula is C23H33NP+. The van der Waals surface area contributed by atoms with Crippen LogP contribution in [-0.2, 0) is 6.16 Å². The van der Waals surface area contributed by atoms with Crippen molar-refractivity contribution in [2.45, 2.75) is 45.7 Å². The van der Waals surface area contributed by atoms with Crippen LogP contribution in [-0.4, -0.2) is 25.0 Å². The van der Waals surface area contributed by atoms with Gasteiger partial charge in [-0.15, -0.1) is 0 Å². The van der Waals surface area contributed by atoms with Crippen molar-refractivity contribution in [3.8, 4) is 0 Å². The molecule has 1 saturated heterocycles. The number of hydrogen-bond acceptors (Lipinski definition) is 1. The number of para-hydroxylation sites is 1. The second-order valence-corrected chi connectivity index (χ2v) is 12.1. The molecule has 1 fully saturated rings. The van der Waals surface area contributed by atoms with Crippen molar-refractivity contribution in [3.63, 3.8) is 0 Å². The van der Waals surface area contributed by atoms with E-state index in [0.717, 1.165) is 6.54 Å².